The van der Waals surface area contributed by atoms with Crippen LogP contribution in [-0.2, 0) is 16.6 Å². The number of aliphatic hydroxyl groups excluding tert-OH is 1. The van der Waals surface area contributed by atoms with Crippen molar-refractivity contribution in [1.29, 1.82) is 5.26 Å². The number of anilines is 1. The summed E-state index contributed by atoms with van der Waals surface area (Å²) in [7, 11) is -3.93. The van der Waals surface area contributed by atoms with E-state index in [1.54, 1.807) is 24.3 Å². The molecule has 0 saturated carbocycles. The van der Waals surface area contributed by atoms with Gasteiger partial charge in [0.2, 0.25) is 0 Å². The highest BCUT2D eigenvalue weighted by atomic mass is 32.2. The summed E-state index contributed by atoms with van der Waals surface area (Å²) < 4.78 is 26.9. The van der Waals surface area contributed by atoms with Crippen LogP contribution in [0.3, 0.4) is 0 Å². The van der Waals surface area contributed by atoms with E-state index in [9.17, 15) is 13.5 Å². The van der Waals surface area contributed by atoms with Crippen molar-refractivity contribution in [1.82, 2.24) is 4.98 Å². The highest BCUT2D eigenvalue weighted by Gasteiger charge is 2.20. The summed E-state index contributed by atoms with van der Waals surface area (Å²) in [6.45, 7) is -0.295. The molecular weight excluding hydrogens is 278 g/mol. The van der Waals surface area contributed by atoms with Crippen LogP contribution in [0.1, 0.15) is 11.3 Å². The first-order chi connectivity index (χ1) is 9.58. The average Bonchev–Trinajstić information content (AvgIpc) is 2.47. The lowest BCUT2D eigenvalue weighted by Gasteiger charge is -2.11. The van der Waals surface area contributed by atoms with Crippen molar-refractivity contribution in [3.05, 3.63) is 53.9 Å². The SMILES string of the molecule is N#Cc1ncccc1S(=O)(=O)Nc1ccccc1CO. The summed E-state index contributed by atoms with van der Waals surface area (Å²) in [6, 6.07) is 10.9. The van der Waals surface area contributed by atoms with E-state index < -0.39 is 10.0 Å². The number of aliphatic hydroxyl groups is 1. The van der Waals surface area contributed by atoms with E-state index in [0.717, 1.165) is 0 Å². The minimum Gasteiger partial charge on any atom is -0.392 e. The Balaban J connectivity index is 2.44. The maximum atomic E-state index is 12.3. The van der Waals surface area contributed by atoms with Gasteiger partial charge in [0.25, 0.3) is 10.0 Å². The Bertz CT molecular complexity index is 766. The largest absolute Gasteiger partial charge is 0.392 e. The van der Waals surface area contributed by atoms with Gasteiger partial charge in [-0.2, -0.15) is 5.26 Å². The number of para-hydroxylation sites is 1. The predicted octanol–water partition coefficient (Wildman–Crippen LogP) is 1.25. The van der Waals surface area contributed by atoms with Gasteiger partial charge in [0.1, 0.15) is 11.0 Å². The molecule has 0 spiro atoms. The van der Waals surface area contributed by atoms with Gasteiger partial charge in [-0.25, -0.2) is 13.4 Å². The zero-order valence-electron chi connectivity index (χ0n) is 10.3. The number of nitriles is 1. The molecule has 1 heterocycles. The van der Waals surface area contributed by atoms with E-state index in [0.29, 0.717) is 5.56 Å². The van der Waals surface area contributed by atoms with Crippen molar-refractivity contribution >= 4 is 15.7 Å². The Kier molecular flexibility index (Phi) is 3.98. The van der Waals surface area contributed by atoms with Gasteiger partial charge in [-0.15, -0.1) is 0 Å². The molecule has 0 aliphatic heterocycles. The lowest BCUT2D eigenvalue weighted by Crippen LogP contribution is -2.16. The molecule has 0 aliphatic rings. The fraction of sp³-hybridized carbons (Fsp3) is 0.0769. The standard InChI is InChI=1S/C13H11N3O3S/c14-8-12-13(6-3-7-15-12)20(18,19)16-11-5-2-1-4-10(11)9-17/h1-7,16-17H,9H2. The number of pyridine rings is 1. The van der Waals surface area contributed by atoms with Crippen LogP contribution in [0.2, 0.25) is 0 Å². The highest BCUT2D eigenvalue weighted by Crippen LogP contribution is 2.21. The van der Waals surface area contributed by atoms with Gasteiger partial charge >= 0.3 is 0 Å². The summed E-state index contributed by atoms with van der Waals surface area (Å²) >= 11 is 0. The normalized spacial score (nSPS) is 10.8. The van der Waals surface area contributed by atoms with Crippen LogP contribution in [0.25, 0.3) is 0 Å². The number of rotatable bonds is 4. The minimum atomic E-state index is -3.93. The molecule has 0 saturated heterocycles. The van der Waals surface area contributed by atoms with E-state index in [1.165, 1.54) is 24.4 Å². The molecule has 0 aliphatic carbocycles. The number of nitrogens with zero attached hydrogens (tertiary/aromatic N) is 2. The zero-order valence-corrected chi connectivity index (χ0v) is 11.1. The molecule has 20 heavy (non-hydrogen) atoms. The van der Waals surface area contributed by atoms with Gasteiger partial charge in [-0.1, -0.05) is 18.2 Å². The molecular formula is C13H11N3O3S. The van der Waals surface area contributed by atoms with Crippen LogP contribution in [0.5, 0.6) is 0 Å². The van der Waals surface area contributed by atoms with E-state index in [4.69, 9.17) is 5.26 Å². The number of hydrogen-bond acceptors (Lipinski definition) is 5. The molecule has 0 amide bonds. The van der Waals surface area contributed by atoms with Gasteiger partial charge in [0, 0.05) is 11.8 Å². The molecule has 7 heteroatoms. The highest BCUT2D eigenvalue weighted by molar-refractivity contribution is 7.92. The monoisotopic (exact) mass is 289 g/mol. The third kappa shape index (κ3) is 2.77. The van der Waals surface area contributed by atoms with Crippen LogP contribution in [0.4, 0.5) is 5.69 Å². The van der Waals surface area contributed by atoms with Crippen LogP contribution in [0.15, 0.2) is 47.5 Å². The molecule has 2 rings (SSSR count). The predicted molar refractivity (Wildman–Crippen MR) is 72.1 cm³/mol. The van der Waals surface area contributed by atoms with Crippen LogP contribution >= 0.6 is 0 Å². The summed E-state index contributed by atoms with van der Waals surface area (Å²) in [5, 5.41) is 18.1. The van der Waals surface area contributed by atoms with Crippen molar-refractivity contribution in [3.8, 4) is 6.07 Å². The van der Waals surface area contributed by atoms with E-state index in [2.05, 4.69) is 9.71 Å². The van der Waals surface area contributed by atoms with Crippen molar-refractivity contribution in [2.24, 2.45) is 0 Å². The summed E-state index contributed by atoms with van der Waals surface area (Å²) in [5.74, 6) is 0. The third-order valence-corrected chi connectivity index (χ3v) is 4.00. The van der Waals surface area contributed by atoms with Crippen LogP contribution < -0.4 is 4.72 Å². The van der Waals surface area contributed by atoms with Gasteiger partial charge < -0.3 is 5.11 Å². The molecule has 6 nitrogen and oxygen atoms in total. The number of nitrogens with one attached hydrogen (secondary N) is 1. The van der Waals surface area contributed by atoms with Crippen LogP contribution in [0, 0.1) is 11.3 Å². The molecule has 0 unspecified atom stereocenters. The summed E-state index contributed by atoms with van der Waals surface area (Å²) in [4.78, 5) is 3.52. The number of benzene rings is 1. The second-order valence-electron chi connectivity index (χ2n) is 3.88. The average molecular weight is 289 g/mol. The molecule has 1 aromatic heterocycles. The second-order valence-corrected chi connectivity index (χ2v) is 5.53. The van der Waals surface area contributed by atoms with Crippen molar-refractivity contribution in [2.45, 2.75) is 11.5 Å². The lowest BCUT2D eigenvalue weighted by atomic mass is 10.2. The summed E-state index contributed by atoms with van der Waals surface area (Å²) in [5.41, 5.74) is 0.530. The molecule has 1 aromatic carbocycles. The molecule has 0 radical (unpaired) electrons. The second kappa shape index (κ2) is 5.69. The first-order valence-corrected chi connectivity index (χ1v) is 7.13. The Morgan fingerprint density at radius 1 is 1.25 bits per heavy atom. The molecule has 2 aromatic rings. The first-order valence-electron chi connectivity index (χ1n) is 5.65. The van der Waals surface area contributed by atoms with Gasteiger partial charge in [0.05, 0.1) is 12.3 Å². The minimum absolute atomic E-state index is 0.179. The number of sulfonamides is 1. The van der Waals surface area contributed by atoms with Gasteiger partial charge in [-0.3, -0.25) is 4.72 Å². The molecule has 102 valence electrons. The Hall–Kier alpha value is -2.43. The Labute approximate surface area is 116 Å². The molecule has 0 bridgehead atoms. The van der Waals surface area contributed by atoms with Crippen molar-refractivity contribution < 1.29 is 13.5 Å². The maximum Gasteiger partial charge on any atom is 0.264 e. The van der Waals surface area contributed by atoms with Crippen molar-refractivity contribution in [3.63, 3.8) is 0 Å². The lowest BCUT2D eigenvalue weighted by molar-refractivity contribution is 0.282. The fourth-order valence-electron chi connectivity index (χ4n) is 1.65. The topological polar surface area (TPSA) is 103 Å². The Morgan fingerprint density at radius 2 is 2.00 bits per heavy atom. The Morgan fingerprint density at radius 3 is 2.70 bits per heavy atom. The van der Waals surface area contributed by atoms with Gasteiger partial charge in [0.15, 0.2) is 5.69 Å². The quantitative estimate of drug-likeness (QED) is 0.881. The first kappa shape index (κ1) is 14.0. The fourth-order valence-corrected chi connectivity index (χ4v) is 2.86. The van der Waals surface area contributed by atoms with Crippen LogP contribution in [-0.4, -0.2) is 18.5 Å². The molecule has 0 atom stereocenters. The zero-order chi connectivity index (χ0) is 14.6. The van der Waals surface area contributed by atoms with E-state index in [1.807, 2.05) is 0 Å². The molecule has 0 fully saturated rings. The van der Waals surface area contributed by atoms with E-state index in [-0.39, 0.29) is 22.9 Å². The molecule has 2 N–H and O–H groups in total. The smallest absolute Gasteiger partial charge is 0.264 e. The maximum absolute atomic E-state index is 12.3. The van der Waals surface area contributed by atoms with Crippen molar-refractivity contribution in [2.75, 3.05) is 4.72 Å². The number of aromatic nitrogens is 1. The number of hydrogen-bond donors (Lipinski definition) is 2. The van der Waals surface area contributed by atoms with Gasteiger partial charge in [-0.05, 0) is 18.2 Å². The van der Waals surface area contributed by atoms with E-state index >= 15 is 0 Å². The summed E-state index contributed by atoms with van der Waals surface area (Å²) in [6.07, 6.45) is 1.35. The third-order valence-electron chi connectivity index (χ3n) is 2.60.